The molecule has 1 heterocycles. The van der Waals surface area contributed by atoms with E-state index in [4.69, 9.17) is 16.6 Å². The van der Waals surface area contributed by atoms with Crippen molar-refractivity contribution in [2.75, 3.05) is 11.9 Å². The first-order chi connectivity index (χ1) is 13.1. The van der Waals surface area contributed by atoms with Crippen molar-refractivity contribution in [3.63, 3.8) is 0 Å². The van der Waals surface area contributed by atoms with Gasteiger partial charge < -0.3 is 5.32 Å². The van der Waals surface area contributed by atoms with E-state index in [1.165, 1.54) is 37.4 Å². The molecule has 0 unspecified atom stereocenters. The SMILES string of the molecule is CCN1C(=O)[C@H](CC(=O)Nc2ccccc2Cl)SC1=NC1CCCCCC1. The summed E-state index contributed by atoms with van der Waals surface area (Å²) in [7, 11) is 0. The summed E-state index contributed by atoms with van der Waals surface area (Å²) in [4.78, 5) is 31.7. The maximum Gasteiger partial charge on any atom is 0.242 e. The van der Waals surface area contributed by atoms with Gasteiger partial charge in [0.1, 0.15) is 5.25 Å². The third-order valence-electron chi connectivity index (χ3n) is 4.97. The minimum Gasteiger partial charge on any atom is -0.325 e. The molecule has 1 aliphatic heterocycles. The molecule has 5 nitrogen and oxygen atoms in total. The minimum atomic E-state index is -0.419. The Labute approximate surface area is 169 Å². The Morgan fingerprint density at radius 2 is 1.96 bits per heavy atom. The second-order valence-electron chi connectivity index (χ2n) is 6.98. The predicted molar refractivity (Wildman–Crippen MR) is 112 cm³/mol. The number of nitrogens with one attached hydrogen (secondary N) is 1. The molecule has 0 spiro atoms. The van der Waals surface area contributed by atoms with E-state index in [0.717, 1.165) is 18.0 Å². The molecule has 7 heteroatoms. The quantitative estimate of drug-likeness (QED) is 0.719. The number of rotatable bonds is 5. The van der Waals surface area contributed by atoms with Crippen LogP contribution in [-0.2, 0) is 9.59 Å². The Bertz CT molecular complexity index is 717. The highest BCUT2D eigenvalue weighted by atomic mass is 35.5. The number of amidine groups is 1. The second-order valence-corrected chi connectivity index (χ2v) is 8.56. The van der Waals surface area contributed by atoms with E-state index >= 15 is 0 Å². The Morgan fingerprint density at radius 1 is 1.26 bits per heavy atom. The number of hydrogen-bond acceptors (Lipinski definition) is 4. The first-order valence-electron chi connectivity index (χ1n) is 9.68. The summed E-state index contributed by atoms with van der Waals surface area (Å²) in [5.41, 5.74) is 0.569. The summed E-state index contributed by atoms with van der Waals surface area (Å²) >= 11 is 7.52. The first-order valence-corrected chi connectivity index (χ1v) is 10.9. The third kappa shape index (κ3) is 5.26. The van der Waals surface area contributed by atoms with Gasteiger partial charge in [-0.1, -0.05) is 61.2 Å². The number of hydrogen-bond donors (Lipinski definition) is 1. The molecule has 2 fully saturated rings. The molecular weight excluding hydrogens is 382 g/mol. The molecule has 0 bridgehead atoms. The molecular formula is C20H26ClN3O2S. The molecule has 1 aromatic carbocycles. The first kappa shape index (κ1) is 20.2. The molecule has 1 saturated heterocycles. The van der Waals surface area contributed by atoms with Crippen LogP contribution >= 0.6 is 23.4 Å². The lowest BCUT2D eigenvalue weighted by atomic mass is 10.1. The number of carbonyl (C=O) groups excluding carboxylic acids is 2. The zero-order chi connectivity index (χ0) is 19.2. The Morgan fingerprint density at radius 3 is 2.63 bits per heavy atom. The van der Waals surface area contributed by atoms with E-state index < -0.39 is 5.25 Å². The zero-order valence-electron chi connectivity index (χ0n) is 15.6. The molecule has 0 radical (unpaired) electrons. The summed E-state index contributed by atoms with van der Waals surface area (Å²) in [6.07, 6.45) is 7.26. The van der Waals surface area contributed by atoms with Gasteiger partial charge in [0, 0.05) is 13.0 Å². The number of halogens is 1. The van der Waals surface area contributed by atoms with E-state index in [1.54, 1.807) is 17.0 Å². The van der Waals surface area contributed by atoms with Gasteiger partial charge in [-0.2, -0.15) is 0 Å². The van der Waals surface area contributed by atoms with Crippen molar-refractivity contribution in [2.45, 2.75) is 63.2 Å². The van der Waals surface area contributed by atoms with E-state index in [-0.39, 0.29) is 18.2 Å². The number of benzene rings is 1. The highest BCUT2D eigenvalue weighted by Gasteiger charge is 2.38. The molecule has 2 aliphatic rings. The second kappa shape index (κ2) is 9.60. The van der Waals surface area contributed by atoms with Crippen LogP contribution < -0.4 is 5.32 Å². The van der Waals surface area contributed by atoms with Crippen molar-refractivity contribution in [1.29, 1.82) is 0 Å². The highest BCUT2D eigenvalue weighted by Crippen LogP contribution is 2.32. The Hall–Kier alpha value is -1.53. The van der Waals surface area contributed by atoms with Gasteiger partial charge in [-0.15, -0.1) is 0 Å². The van der Waals surface area contributed by atoms with Gasteiger partial charge in [-0.3, -0.25) is 19.5 Å². The normalized spacial score (nSPS) is 22.9. The van der Waals surface area contributed by atoms with Crippen LogP contribution in [0.2, 0.25) is 5.02 Å². The average molecular weight is 408 g/mol. The van der Waals surface area contributed by atoms with Crippen LogP contribution in [0.1, 0.15) is 51.9 Å². The van der Waals surface area contributed by atoms with Crippen LogP contribution in [0.15, 0.2) is 29.3 Å². The van der Waals surface area contributed by atoms with Crippen molar-refractivity contribution < 1.29 is 9.59 Å². The van der Waals surface area contributed by atoms with Crippen LogP contribution in [-0.4, -0.2) is 39.7 Å². The number of nitrogens with zero attached hydrogens (tertiary/aromatic N) is 2. The van der Waals surface area contributed by atoms with Gasteiger partial charge in [0.25, 0.3) is 0 Å². The number of carbonyl (C=O) groups is 2. The fraction of sp³-hybridized carbons (Fsp3) is 0.550. The number of anilines is 1. The Balaban J connectivity index is 1.65. The topological polar surface area (TPSA) is 61.8 Å². The van der Waals surface area contributed by atoms with Crippen molar-refractivity contribution in [3.8, 4) is 0 Å². The number of aliphatic imine (C=N–C) groups is 1. The summed E-state index contributed by atoms with van der Waals surface area (Å²) in [6.45, 7) is 2.54. The summed E-state index contributed by atoms with van der Waals surface area (Å²) in [5.74, 6) is -0.232. The van der Waals surface area contributed by atoms with E-state index in [9.17, 15) is 9.59 Å². The van der Waals surface area contributed by atoms with Crippen LogP contribution in [0.25, 0.3) is 0 Å². The number of para-hydroxylation sites is 1. The van der Waals surface area contributed by atoms with Crippen LogP contribution in [0, 0.1) is 0 Å². The molecule has 1 saturated carbocycles. The third-order valence-corrected chi connectivity index (χ3v) is 6.49. The van der Waals surface area contributed by atoms with Gasteiger partial charge >= 0.3 is 0 Å². The fourth-order valence-corrected chi connectivity index (χ4v) is 4.96. The molecule has 3 rings (SSSR count). The molecule has 0 aromatic heterocycles. The molecule has 1 aromatic rings. The summed E-state index contributed by atoms with van der Waals surface area (Å²) in [6, 6.07) is 7.40. The van der Waals surface area contributed by atoms with E-state index in [1.807, 2.05) is 19.1 Å². The van der Waals surface area contributed by atoms with Crippen molar-refractivity contribution in [3.05, 3.63) is 29.3 Å². The Kier molecular flexibility index (Phi) is 7.19. The maximum absolute atomic E-state index is 12.7. The van der Waals surface area contributed by atoms with Crippen LogP contribution in [0.4, 0.5) is 5.69 Å². The largest absolute Gasteiger partial charge is 0.325 e. The molecule has 27 heavy (non-hydrogen) atoms. The number of amides is 2. The average Bonchev–Trinajstić information content (AvgIpc) is 2.80. The lowest BCUT2D eigenvalue weighted by Crippen LogP contribution is -2.33. The summed E-state index contributed by atoms with van der Waals surface area (Å²) < 4.78 is 0. The van der Waals surface area contributed by atoms with Crippen molar-refractivity contribution in [2.24, 2.45) is 4.99 Å². The smallest absolute Gasteiger partial charge is 0.242 e. The molecule has 1 atom stereocenters. The van der Waals surface area contributed by atoms with Crippen LogP contribution in [0.3, 0.4) is 0 Å². The molecule has 146 valence electrons. The minimum absolute atomic E-state index is 0.0239. The van der Waals surface area contributed by atoms with Gasteiger partial charge in [0.05, 0.1) is 16.8 Å². The summed E-state index contributed by atoms with van der Waals surface area (Å²) in [5, 5.41) is 3.65. The monoisotopic (exact) mass is 407 g/mol. The maximum atomic E-state index is 12.7. The predicted octanol–water partition coefficient (Wildman–Crippen LogP) is 4.71. The lowest BCUT2D eigenvalue weighted by molar-refractivity contribution is -0.128. The zero-order valence-corrected chi connectivity index (χ0v) is 17.2. The molecule has 1 aliphatic carbocycles. The molecule has 1 N–H and O–H groups in total. The lowest BCUT2D eigenvalue weighted by Gasteiger charge is -2.16. The van der Waals surface area contributed by atoms with Gasteiger partial charge in [0.2, 0.25) is 11.8 Å². The van der Waals surface area contributed by atoms with Gasteiger partial charge in [-0.25, -0.2) is 0 Å². The number of thioether (sulfide) groups is 1. The van der Waals surface area contributed by atoms with Gasteiger partial charge in [-0.05, 0) is 31.9 Å². The van der Waals surface area contributed by atoms with E-state index in [2.05, 4.69) is 5.32 Å². The highest BCUT2D eigenvalue weighted by molar-refractivity contribution is 8.15. The van der Waals surface area contributed by atoms with Crippen LogP contribution in [0.5, 0.6) is 0 Å². The van der Waals surface area contributed by atoms with Gasteiger partial charge in [0.15, 0.2) is 5.17 Å². The fourth-order valence-electron chi connectivity index (χ4n) is 3.50. The van der Waals surface area contributed by atoms with Crippen molar-refractivity contribution in [1.82, 2.24) is 4.90 Å². The van der Waals surface area contributed by atoms with E-state index in [0.29, 0.717) is 23.3 Å². The van der Waals surface area contributed by atoms with Crippen molar-refractivity contribution >= 4 is 46.0 Å². The molecule has 2 amide bonds. The standard InChI is InChI=1S/C20H26ClN3O2S/c1-2-24-19(26)17(13-18(25)23-16-12-8-7-11-15(16)21)27-20(24)22-14-9-5-3-4-6-10-14/h7-8,11-12,14,17H,2-6,9-10,13H2,1H3,(H,23,25)/t17-/m0/s1.